The first-order valence-electron chi connectivity index (χ1n) is 3.74. The number of nitrogens with two attached hydrogens (primary N) is 1. The van der Waals surface area contributed by atoms with Crippen molar-refractivity contribution < 1.29 is 16.8 Å². The van der Waals surface area contributed by atoms with E-state index >= 15 is 0 Å². The first-order chi connectivity index (χ1) is 5.77. The lowest BCUT2D eigenvalue weighted by molar-refractivity contribution is 0.580. The van der Waals surface area contributed by atoms with Gasteiger partial charge in [0.25, 0.3) is 0 Å². The van der Waals surface area contributed by atoms with Crippen LogP contribution in [0, 0.1) is 0 Å². The van der Waals surface area contributed by atoms with Gasteiger partial charge in [-0.1, -0.05) is 6.92 Å². The molecule has 0 aliphatic heterocycles. The van der Waals surface area contributed by atoms with E-state index in [4.69, 9.17) is 0 Å². The van der Waals surface area contributed by atoms with Crippen LogP contribution in [0.1, 0.15) is 13.3 Å². The lowest BCUT2D eigenvalue weighted by Gasteiger charge is -2.03. The molecule has 0 aromatic carbocycles. The molecule has 6 nitrogen and oxygen atoms in total. The molecule has 0 heterocycles. The minimum Gasteiger partial charge on any atom is -0.229 e. The van der Waals surface area contributed by atoms with Crippen LogP contribution in [0.4, 0.5) is 0 Å². The quantitative estimate of drug-likeness (QED) is 0.585. The summed E-state index contributed by atoms with van der Waals surface area (Å²) in [6, 6.07) is 0. The fourth-order valence-corrected chi connectivity index (χ4v) is 2.29. The molecule has 0 spiro atoms. The zero-order chi connectivity index (χ0) is 10.5. The van der Waals surface area contributed by atoms with Crippen LogP contribution in [0.15, 0.2) is 0 Å². The first-order valence-corrected chi connectivity index (χ1v) is 7.11. The number of rotatable bonds is 6. The van der Waals surface area contributed by atoms with Gasteiger partial charge < -0.3 is 0 Å². The fraction of sp³-hybridized carbons (Fsp3) is 1.00. The van der Waals surface area contributed by atoms with Gasteiger partial charge in [-0.2, -0.15) is 0 Å². The topological polar surface area (TPSA) is 106 Å². The summed E-state index contributed by atoms with van der Waals surface area (Å²) in [5.41, 5.74) is 0. The van der Waals surface area contributed by atoms with Gasteiger partial charge in [0.05, 0.1) is 11.5 Å². The van der Waals surface area contributed by atoms with Gasteiger partial charge in [-0.15, -0.1) is 0 Å². The van der Waals surface area contributed by atoms with E-state index in [9.17, 15) is 16.8 Å². The van der Waals surface area contributed by atoms with Crippen LogP contribution >= 0.6 is 0 Å². The molecule has 0 rings (SSSR count). The molecule has 0 radical (unpaired) electrons. The molecule has 0 atom stereocenters. The van der Waals surface area contributed by atoms with E-state index in [1.54, 1.807) is 6.92 Å². The summed E-state index contributed by atoms with van der Waals surface area (Å²) in [4.78, 5) is 0. The van der Waals surface area contributed by atoms with E-state index < -0.39 is 20.0 Å². The molecule has 0 aliphatic rings. The zero-order valence-corrected chi connectivity index (χ0v) is 8.99. The number of hydrogen-bond acceptors (Lipinski definition) is 4. The highest BCUT2D eigenvalue weighted by Crippen LogP contribution is 1.87. The highest BCUT2D eigenvalue weighted by atomic mass is 32.2. The van der Waals surface area contributed by atoms with Crippen molar-refractivity contribution in [3.8, 4) is 0 Å². The number of hydrogen-bond donors (Lipinski definition) is 2. The molecule has 0 aromatic heterocycles. The molecule has 3 N–H and O–H groups in total. The number of nitrogens with one attached hydrogen (secondary N) is 1. The van der Waals surface area contributed by atoms with Crippen molar-refractivity contribution in [3.63, 3.8) is 0 Å². The van der Waals surface area contributed by atoms with Crippen LogP contribution in [-0.2, 0) is 20.0 Å². The SMILES string of the molecule is CCCS(=O)(=O)NCCS(N)(=O)=O. The summed E-state index contributed by atoms with van der Waals surface area (Å²) in [5, 5.41) is 4.68. The Hall–Kier alpha value is -0.180. The monoisotopic (exact) mass is 230 g/mol. The van der Waals surface area contributed by atoms with Crippen LogP contribution in [0.3, 0.4) is 0 Å². The molecule has 8 heteroatoms. The van der Waals surface area contributed by atoms with Crippen LogP contribution < -0.4 is 9.86 Å². The molecule has 0 saturated heterocycles. The molecule has 0 amide bonds. The van der Waals surface area contributed by atoms with Crippen molar-refractivity contribution in [2.24, 2.45) is 5.14 Å². The number of sulfonamides is 2. The third-order valence-corrected chi connectivity index (χ3v) is 3.54. The highest BCUT2D eigenvalue weighted by molar-refractivity contribution is 7.90. The Morgan fingerprint density at radius 2 is 1.69 bits per heavy atom. The van der Waals surface area contributed by atoms with Crippen molar-refractivity contribution in [2.75, 3.05) is 18.1 Å². The van der Waals surface area contributed by atoms with Crippen molar-refractivity contribution in [3.05, 3.63) is 0 Å². The number of primary sulfonamides is 1. The third kappa shape index (κ3) is 8.16. The average Bonchev–Trinajstić information content (AvgIpc) is 1.82. The minimum absolute atomic E-state index is 0.00236. The molecule has 13 heavy (non-hydrogen) atoms. The van der Waals surface area contributed by atoms with E-state index in [0.717, 1.165) is 0 Å². The summed E-state index contributed by atoms with van der Waals surface area (Å²) in [5.74, 6) is -0.381. The molecule has 0 bridgehead atoms. The Morgan fingerprint density at radius 1 is 1.15 bits per heavy atom. The van der Waals surface area contributed by atoms with Gasteiger partial charge in [0.1, 0.15) is 0 Å². The summed E-state index contributed by atoms with van der Waals surface area (Å²) in [6.07, 6.45) is 0.491. The van der Waals surface area contributed by atoms with Crippen molar-refractivity contribution in [1.82, 2.24) is 4.72 Å². The van der Waals surface area contributed by atoms with Gasteiger partial charge in [-0.3, -0.25) is 0 Å². The summed E-state index contributed by atoms with van der Waals surface area (Å²) in [6.45, 7) is 1.56. The highest BCUT2D eigenvalue weighted by Gasteiger charge is 2.09. The van der Waals surface area contributed by atoms with Crippen LogP contribution in [-0.4, -0.2) is 34.9 Å². The van der Waals surface area contributed by atoms with E-state index in [2.05, 4.69) is 9.86 Å². The van der Waals surface area contributed by atoms with Gasteiger partial charge in [0, 0.05) is 6.54 Å². The van der Waals surface area contributed by atoms with Gasteiger partial charge >= 0.3 is 0 Å². The molecule has 0 aromatic rings. The largest absolute Gasteiger partial charge is 0.229 e. The first kappa shape index (κ1) is 12.8. The predicted molar refractivity (Wildman–Crippen MR) is 50.1 cm³/mol. The molecule has 80 valence electrons. The second kappa shape index (κ2) is 4.89. The van der Waals surface area contributed by atoms with E-state index in [1.165, 1.54) is 0 Å². The minimum atomic E-state index is -3.59. The standard InChI is InChI=1S/C5H14N2O4S2/c1-2-4-13(10,11)7-3-5-12(6,8)9/h7H,2-5H2,1H3,(H2,6,8,9). The van der Waals surface area contributed by atoms with E-state index in [0.29, 0.717) is 6.42 Å². The predicted octanol–water partition coefficient (Wildman–Crippen LogP) is -1.40. The summed E-state index contributed by atoms with van der Waals surface area (Å²) >= 11 is 0. The van der Waals surface area contributed by atoms with Gasteiger partial charge in [0.15, 0.2) is 0 Å². The van der Waals surface area contributed by atoms with Crippen molar-refractivity contribution in [2.45, 2.75) is 13.3 Å². The normalized spacial score (nSPS) is 13.1. The Balaban J connectivity index is 3.91. The summed E-state index contributed by atoms with van der Waals surface area (Å²) in [7, 11) is -6.91. The van der Waals surface area contributed by atoms with Gasteiger partial charge in [0.2, 0.25) is 20.0 Å². The lowest BCUT2D eigenvalue weighted by Crippen LogP contribution is -2.32. The average molecular weight is 230 g/mol. The van der Waals surface area contributed by atoms with E-state index in [-0.39, 0.29) is 18.1 Å². The summed E-state index contributed by atoms with van der Waals surface area (Å²) < 4.78 is 44.9. The molecule has 0 saturated carbocycles. The molecule has 0 aliphatic carbocycles. The van der Waals surface area contributed by atoms with Crippen molar-refractivity contribution >= 4 is 20.0 Å². The van der Waals surface area contributed by atoms with Crippen LogP contribution in [0.5, 0.6) is 0 Å². The lowest BCUT2D eigenvalue weighted by atomic mass is 10.6. The Kier molecular flexibility index (Phi) is 4.82. The van der Waals surface area contributed by atoms with Crippen LogP contribution in [0.25, 0.3) is 0 Å². The van der Waals surface area contributed by atoms with E-state index in [1.807, 2.05) is 0 Å². The Morgan fingerprint density at radius 3 is 2.08 bits per heavy atom. The van der Waals surface area contributed by atoms with Crippen molar-refractivity contribution in [1.29, 1.82) is 0 Å². The Bertz CT molecular complexity index is 332. The van der Waals surface area contributed by atoms with Gasteiger partial charge in [-0.05, 0) is 6.42 Å². The zero-order valence-electron chi connectivity index (χ0n) is 7.36. The fourth-order valence-electron chi connectivity index (χ4n) is 0.680. The molecule has 0 unspecified atom stereocenters. The maximum Gasteiger partial charge on any atom is 0.211 e. The smallest absolute Gasteiger partial charge is 0.211 e. The second-order valence-electron chi connectivity index (χ2n) is 2.58. The second-order valence-corrected chi connectivity index (χ2v) is 6.24. The van der Waals surface area contributed by atoms with Crippen LogP contribution in [0.2, 0.25) is 0 Å². The molecular formula is C5H14N2O4S2. The third-order valence-electron chi connectivity index (χ3n) is 1.18. The van der Waals surface area contributed by atoms with Gasteiger partial charge in [-0.25, -0.2) is 26.7 Å². The maximum atomic E-state index is 11.0. The molecular weight excluding hydrogens is 216 g/mol. The maximum absolute atomic E-state index is 11.0. The Labute approximate surface area is 78.6 Å². The molecule has 0 fully saturated rings.